The fourth-order valence-corrected chi connectivity index (χ4v) is 5.24. The van der Waals surface area contributed by atoms with E-state index in [9.17, 15) is 27.5 Å². The van der Waals surface area contributed by atoms with Crippen LogP contribution in [0.4, 0.5) is 9.39 Å². The van der Waals surface area contributed by atoms with Gasteiger partial charge in [0, 0.05) is 0 Å². The average molecular weight is 400 g/mol. The molecule has 2 amide bonds. The Kier molecular flexibility index (Phi) is 5.79. The maximum Gasteiger partial charge on any atom is 0.253 e. The molecule has 7 nitrogen and oxygen atoms in total. The van der Waals surface area contributed by atoms with Gasteiger partial charge in [-0.25, -0.2) is 12.8 Å². The number of nitrogens with two attached hydrogens (primary N) is 1. The number of thiophene rings is 1. The third-order valence-corrected chi connectivity index (χ3v) is 6.92. The molecule has 1 unspecified atom stereocenters. The molecule has 1 heterocycles. The highest BCUT2D eigenvalue weighted by molar-refractivity contribution is 7.93. The van der Waals surface area contributed by atoms with Gasteiger partial charge >= 0.3 is 0 Å². The molecule has 10 heteroatoms. The summed E-state index contributed by atoms with van der Waals surface area (Å²) in [6.45, 7) is 2.94. The summed E-state index contributed by atoms with van der Waals surface area (Å²) in [5.74, 6) is -2.48. The van der Waals surface area contributed by atoms with Crippen molar-refractivity contribution in [3.63, 3.8) is 0 Å². The lowest BCUT2D eigenvalue weighted by atomic mass is 10.2. The summed E-state index contributed by atoms with van der Waals surface area (Å²) >= 11 is 0.606. The van der Waals surface area contributed by atoms with Crippen molar-refractivity contribution in [3.05, 3.63) is 41.2 Å². The molecule has 4 N–H and O–H groups in total. The molecule has 1 aromatic carbocycles. The molecular formula is C16H17FN2O5S2. The number of primary amides is 1. The Bertz CT molecular complexity index is 967. The number of anilines is 1. The van der Waals surface area contributed by atoms with Crippen LogP contribution in [-0.2, 0) is 21.1 Å². The van der Waals surface area contributed by atoms with Crippen molar-refractivity contribution in [1.82, 2.24) is 0 Å². The van der Waals surface area contributed by atoms with E-state index >= 15 is 0 Å². The van der Waals surface area contributed by atoms with Crippen molar-refractivity contribution < 1.29 is 27.5 Å². The number of carbonyl (C=O) groups excluding carboxylic acids is 2. The third kappa shape index (κ3) is 3.92. The Morgan fingerprint density at radius 2 is 2.00 bits per heavy atom. The molecule has 0 radical (unpaired) electrons. The number of halogens is 1. The monoisotopic (exact) mass is 400 g/mol. The lowest BCUT2D eigenvalue weighted by Gasteiger charge is -2.08. The molecule has 0 fully saturated rings. The maximum atomic E-state index is 13.6. The third-order valence-electron chi connectivity index (χ3n) is 3.56. The predicted molar refractivity (Wildman–Crippen MR) is 94.4 cm³/mol. The fraction of sp³-hybridized carbons (Fsp3) is 0.250. The molecule has 0 aliphatic carbocycles. The molecule has 2 rings (SSSR count). The number of aliphatic hydroxyl groups is 1. The van der Waals surface area contributed by atoms with Crippen molar-refractivity contribution in [3.8, 4) is 0 Å². The zero-order chi connectivity index (χ0) is 19.6. The van der Waals surface area contributed by atoms with Crippen LogP contribution in [0.25, 0.3) is 0 Å². The summed E-state index contributed by atoms with van der Waals surface area (Å²) in [5, 5.41) is 11.4. The van der Waals surface area contributed by atoms with Crippen molar-refractivity contribution in [2.75, 3.05) is 5.32 Å². The fourth-order valence-electron chi connectivity index (χ4n) is 2.17. The molecule has 140 valence electrons. The van der Waals surface area contributed by atoms with Crippen molar-refractivity contribution >= 4 is 38.0 Å². The van der Waals surface area contributed by atoms with Gasteiger partial charge in [-0.2, -0.15) is 0 Å². The summed E-state index contributed by atoms with van der Waals surface area (Å²) < 4.78 is 39.1. The molecule has 1 aromatic heterocycles. The predicted octanol–water partition coefficient (Wildman–Crippen LogP) is 1.70. The average Bonchev–Trinajstić information content (AvgIpc) is 2.99. The normalized spacial score (nSPS) is 12.6. The van der Waals surface area contributed by atoms with Crippen molar-refractivity contribution in [2.24, 2.45) is 5.73 Å². The topological polar surface area (TPSA) is 127 Å². The van der Waals surface area contributed by atoms with Crippen LogP contribution in [0.5, 0.6) is 0 Å². The highest BCUT2D eigenvalue weighted by atomic mass is 32.2. The molecule has 0 aliphatic heterocycles. The SMILES string of the molecule is CCc1ccc(F)cc1S(=O)(=O)c1cc(C(N)=O)c(NC(=O)C(C)O)s1. The van der Waals surface area contributed by atoms with Gasteiger partial charge in [-0.05, 0) is 37.1 Å². The highest BCUT2D eigenvalue weighted by Crippen LogP contribution is 2.36. The van der Waals surface area contributed by atoms with Crippen molar-refractivity contribution in [2.45, 2.75) is 35.5 Å². The molecular weight excluding hydrogens is 383 g/mol. The summed E-state index contributed by atoms with van der Waals surface area (Å²) in [6, 6.07) is 4.48. The Hall–Kier alpha value is -2.30. The van der Waals surface area contributed by atoms with Crippen LogP contribution in [0.1, 0.15) is 29.8 Å². The Balaban J connectivity index is 2.59. The summed E-state index contributed by atoms with van der Waals surface area (Å²) in [6.07, 6.45) is -1.01. The van der Waals surface area contributed by atoms with E-state index in [1.807, 2.05) is 0 Å². The van der Waals surface area contributed by atoms with Gasteiger partial charge in [-0.15, -0.1) is 11.3 Å². The smallest absolute Gasteiger partial charge is 0.253 e. The molecule has 0 saturated heterocycles. The molecule has 0 aliphatic rings. The van der Waals surface area contributed by atoms with Gasteiger partial charge < -0.3 is 16.2 Å². The van der Waals surface area contributed by atoms with Gasteiger partial charge in [0.1, 0.15) is 21.1 Å². The quantitative estimate of drug-likeness (QED) is 0.680. The van der Waals surface area contributed by atoms with E-state index < -0.39 is 33.6 Å². The number of hydrogen-bond donors (Lipinski definition) is 3. The maximum absolute atomic E-state index is 13.6. The first-order chi connectivity index (χ1) is 12.1. The number of sulfone groups is 1. The van der Waals surface area contributed by atoms with Gasteiger partial charge in [0.2, 0.25) is 9.84 Å². The van der Waals surface area contributed by atoms with E-state index in [4.69, 9.17) is 5.73 Å². The van der Waals surface area contributed by atoms with Crippen LogP contribution < -0.4 is 11.1 Å². The molecule has 26 heavy (non-hydrogen) atoms. The van der Waals surface area contributed by atoms with Crippen LogP contribution in [0.3, 0.4) is 0 Å². The van der Waals surface area contributed by atoms with E-state index in [0.29, 0.717) is 23.3 Å². The first kappa shape index (κ1) is 20.0. The number of amides is 2. The van der Waals surface area contributed by atoms with E-state index in [0.717, 1.165) is 18.2 Å². The van der Waals surface area contributed by atoms with Gasteiger partial charge in [-0.1, -0.05) is 13.0 Å². The number of aryl methyl sites for hydroxylation is 1. The van der Waals surface area contributed by atoms with Crippen LogP contribution >= 0.6 is 11.3 Å². The number of hydrogen-bond acceptors (Lipinski definition) is 6. The second kappa shape index (κ2) is 7.52. The Morgan fingerprint density at radius 1 is 1.35 bits per heavy atom. The minimum atomic E-state index is -4.14. The Morgan fingerprint density at radius 3 is 2.54 bits per heavy atom. The van der Waals surface area contributed by atoms with E-state index in [2.05, 4.69) is 5.32 Å². The number of benzene rings is 1. The zero-order valence-corrected chi connectivity index (χ0v) is 15.6. The van der Waals surface area contributed by atoms with Crippen LogP contribution in [0, 0.1) is 5.82 Å². The van der Waals surface area contributed by atoms with Gasteiger partial charge in [0.15, 0.2) is 0 Å². The van der Waals surface area contributed by atoms with E-state index in [1.165, 1.54) is 13.0 Å². The summed E-state index contributed by atoms with van der Waals surface area (Å²) in [5.41, 5.74) is 5.44. The van der Waals surface area contributed by atoms with E-state index in [1.54, 1.807) is 6.92 Å². The largest absolute Gasteiger partial charge is 0.384 e. The standard InChI is InChI=1S/C16H17FN2O5S2/c1-3-9-4-5-10(17)6-12(9)26(23,24)13-7-11(14(18)21)16(25-13)19-15(22)8(2)20/h4-8,20H,3H2,1-2H3,(H2,18,21)(H,19,22). The van der Waals surface area contributed by atoms with Crippen LogP contribution in [0.15, 0.2) is 33.4 Å². The lowest BCUT2D eigenvalue weighted by Crippen LogP contribution is -2.25. The van der Waals surface area contributed by atoms with Gasteiger partial charge in [-0.3, -0.25) is 9.59 Å². The summed E-state index contributed by atoms with van der Waals surface area (Å²) in [4.78, 5) is 23.0. The second-order valence-electron chi connectivity index (χ2n) is 5.45. The molecule has 0 bridgehead atoms. The number of carbonyl (C=O) groups is 2. The number of nitrogens with one attached hydrogen (secondary N) is 1. The summed E-state index contributed by atoms with van der Waals surface area (Å²) in [7, 11) is -4.14. The van der Waals surface area contributed by atoms with Crippen molar-refractivity contribution in [1.29, 1.82) is 0 Å². The van der Waals surface area contributed by atoms with Gasteiger partial charge in [0.25, 0.3) is 11.8 Å². The first-order valence-electron chi connectivity index (χ1n) is 7.54. The molecule has 1 atom stereocenters. The lowest BCUT2D eigenvalue weighted by molar-refractivity contribution is -0.123. The van der Waals surface area contributed by atoms with E-state index in [-0.39, 0.29) is 19.7 Å². The second-order valence-corrected chi connectivity index (χ2v) is 8.64. The molecule has 0 saturated carbocycles. The molecule has 0 spiro atoms. The zero-order valence-electron chi connectivity index (χ0n) is 13.9. The van der Waals surface area contributed by atoms with Gasteiger partial charge in [0.05, 0.1) is 10.5 Å². The number of aliphatic hydroxyl groups excluding tert-OH is 1. The minimum Gasteiger partial charge on any atom is -0.384 e. The highest BCUT2D eigenvalue weighted by Gasteiger charge is 2.27. The minimum absolute atomic E-state index is 0.101. The first-order valence-corrected chi connectivity index (χ1v) is 9.84. The van der Waals surface area contributed by atoms with Crippen LogP contribution in [-0.4, -0.2) is 31.4 Å². The molecule has 2 aromatic rings. The number of rotatable bonds is 6. The van der Waals surface area contributed by atoms with Crippen LogP contribution in [0.2, 0.25) is 0 Å². The Labute approximate surface area is 153 Å².